The molecule has 2 aliphatic heterocycles. The van der Waals surface area contributed by atoms with Crippen molar-refractivity contribution >= 4 is 13.1 Å². The lowest BCUT2D eigenvalue weighted by Crippen LogP contribution is -2.64. The van der Waals surface area contributed by atoms with Gasteiger partial charge in [0.25, 0.3) is 0 Å². The van der Waals surface area contributed by atoms with Crippen molar-refractivity contribution in [3.8, 4) is 0 Å². The monoisotopic (exact) mass is 240 g/mol. The van der Waals surface area contributed by atoms with Crippen LogP contribution < -0.4 is 11.1 Å². The molecule has 6 heteroatoms. The topological polar surface area (TPSA) is 84.6 Å². The summed E-state index contributed by atoms with van der Waals surface area (Å²) >= 11 is 0. The second-order valence-corrected chi connectivity index (χ2v) is 5.70. The van der Waals surface area contributed by atoms with Crippen molar-refractivity contribution in [1.82, 2.24) is 5.32 Å². The Morgan fingerprint density at radius 2 is 2.24 bits per heavy atom. The highest BCUT2D eigenvalue weighted by molar-refractivity contribution is 6.45. The predicted octanol–water partition coefficient (Wildman–Crippen LogP) is 0.0336. The molecule has 4 N–H and O–H groups in total. The van der Waals surface area contributed by atoms with Crippen LogP contribution >= 0.6 is 0 Å². The van der Waals surface area contributed by atoms with E-state index in [9.17, 15) is 9.82 Å². The number of nitrogens with one attached hydrogen (secondary N) is 1. The van der Waals surface area contributed by atoms with Gasteiger partial charge in [-0.25, -0.2) is 0 Å². The molecule has 0 aliphatic carbocycles. The number of carbonyl (C=O) groups is 1. The van der Waals surface area contributed by atoms with E-state index in [4.69, 9.17) is 10.4 Å². The Labute approximate surface area is 102 Å². The van der Waals surface area contributed by atoms with E-state index in [1.165, 1.54) is 0 Å². The first-order chi connectivity index (χ1) is 7.94. The number of hydrogen-bond donors (Lipinski definition) is 3. The molecule has 5 nitrogen and oxygen atoms in total. The summed E-state index contributed by atoms with van der Waals surface area (Å²) in [6.45, 7) is 2.69. The van der Waals surface area contributed by atoms with Crippen LogP contribution in [-0.2, 0) is 9.45 Å². The van der Waals surface area contributed by atoms with Gasteiger partial charge in [0.05, 0.1) is 0 Å². The van der Waals surface area contributed by atoms with E-state index in [1.807, 2.05) is 6.92 Å². The molecule has 2 rings (SSSR count). The van der Waals surface area contributed by atoms with Gasteiger partial charge in [-0.2, -0.15) is 0 Å². The van der Waals surface area contributed by atoms with E-state index in [0.717, 1.165) is 32.2 Å². The van der Waals surface area contributed by atoms with E-state index < -0.39 is 12.7 Å². The van der Waals surface area contributed by atoms with Crippen molar-refractivity contribution in [3.63, 3.8) is 0 Å². The number of hydrogen-bond acceptors (Lipinski definition) is 5. The first-order valence-electron chi connectivity index (χ1n) is 6.37. The summed E-state index contributed by atoms with van der Waals surface area (Å²) in [4.78, 5) is 12.1. The van der Waals surface area contributed by atoms with E-state index >= 15 is 0 Å². The molecule has 0 bridgehead atoms. The first-order valence-corrected chi connectivity index (χ1v) is 6.37. The number of rotatable bonds is 0. The number of carbonyl (C=O) groups excluding carboxylic acids is 1. The molecule has 2 atom stereocenters. The van der Waals surface area contributed by atoms with Crippen LogP contribution in [0.5, 0.6) is 0 Å². The number of piperidine rings is 1. The molecular formula is C11H21BN2O3. The SMILES string of the molecule is C[C@@]1(N)CCNC2(CCCCB(O)OC2=O)C1. The van der Waals surface area contributed by atoms with E-state index in [2.05, 4.69) is 5.32 Å². The molecule has 1 unspecified atom stereocenters. The zero-order chi connectivity index (χ0) is 12.5. The molecular weight excluding hydrogens is 219 g/mol. The van der Waals surface area contributed by atoms with Gasteiger partial charge in [0.15, 0.2) is 0 Å². The molecule has 2 aliphatic rings. The maximum atomic E-state index is 12.1. The van der Waals surface area contributed by atoms with Gasteiger partial charge < -0.3 is 20.7 Å². The Balaban J connectivity index is 2.17. The second kappa shape index (κ2) is 4.59. The summed E-state index contributed by atoms with van der Waals surface area (Å²) < 4.78 is 5.08. The van der Waals surface area contributed by atoms with Gasteiger partial charge in [0.2, 0.25) is 0 Å². The minimum absolute atomic E-state index is 0.339. The summed E-state index contributed by atoms with van der Waals surface area (Å²) in [7, 11) is -0.965. The quantitative estimate of drug-likeness (QED) is 0.520. The molecule has 2 saturated heterocycles. The summed E-state index contributed by atoms with van der Waals surface area (Å²) in [5.41, 5.74) is 5.13. The van der Waals surface area contributed by atoms with Gasteiger partial charge in [-0.15, -0.1) is 0 Å². The Bertz CT molecular complexity index is 311. The van der Waals surface area contributed by atoms with Crippen LogP contribution in [0.2, 0.25) is 6.32 Å². The van der Waals surface area contributed by atoms with Crippen molar-refractivity contribution in [3.05, 3.63) is 0 Å². The molecule has 0 amide bonds. The average molecular weight is 240 g/mol. The maximum Gasteiger partial charge on any atom is 0.524 e. The lowest BCUT2D eigenvalue weighted by molar-refractivity contribution is -0.146. The highest BCUT2D eigenvalue weighted by Gasteiger charge is 2.48. The van der Waals surface area contributed by atoms with Crippen LogP contribution in [0, 0.1) is 0 Å². The molecule has 96 valence electrons. The van der Waals surface area contributed by atoms with Crippen LogP contribution in [0.1, 0.15) is 39.0 Å². The van der Waals surface area contributed by atoms with E-state index in [1.54, 1.807) is 0 Å². The smallest absolute Gasteiger partial charge is 0.508 e. The fraction of sp³-hybridized carbons (Fsp3) is 0.909. The Morgan fingerprint density at radius 3 is 2.94 bits per heavy atom. The third kappa shape index (κ3) is 2.81. The van der Waals surface area contributed by atoms with E-state index in [0.29, 0.717) is 12.7 Å². The van der Waals surface area contributed by atoms with Crippen molar-refractivity contribution in [1.29, 1.82) is 0 Å². The summed E-state index contributed by atoms with van der Waals surface area (Å²) in [6.07, 6.45) is 4.48. The summed E-state index contributed by atoms with van der Waals surface area (Å²) in [5.74, 6) is -0.346. The third-order valence-corrected chi connectivity index (χ3v) is 3.80. The highest BCUT2D eigenvalue weighted by atomic mass is 16.6. The fourth-order valence-corrected chi connectivity index (χ4v) is 2.89. The Kier molecular flexibility index (Phi) is 3.47. The molecule has 0 aromatic carbocycles. The first kappa shape index (κ1) is 12.9. The molecule has 1 spiro atoms. The largest absolute Gasteiger partial charge is 0.524 e. The normalized spacial score (nSPS) is 39.7. The van der Waals surface area contributed by atoms with Crippen molar-refractivity contribution in [2.75, 3.05) is 6.54 Å². The lowest BCUT2D eigenvalue weighted by Gasteiger charge is -2.44. The second-order valence-electron chi connectivity index (χ2n) is 5.70. The van der Waals surface area contributed by atoms with Gasteiger partial charge >= 0.3 is 13.1 Å². The molecule has 2 fully saturated rings. The Hall–Kier alpha value is -0.585. The van der Waals surface area contributed by atoms with Crippen LogP contribution in [-0.4, -0.2) is 35.7 Å². The van der Waals surface area contributed by atoms with Gasteiger partial charge in [-0.3, -0.25) is 4.79 Å². The van der Waals surface area contributed by atoms with Gasteiger partial charge in [0, 0.05) is 5.54 Å². The molecule has 0 aromatic heterocycles. The van der Waals surface area contributed by atoms with Crippen LogP contribution in [0.25, 0.3) is 0 Å². The van der Waals surface area contributed by atoms with Crippen LogP contribution in [0.4, 0.5) is 0 Å². The molecule has 0 radical (unpaired) electrons. The summed E-state index contributed by atoms with van der Waals surface area (Å²) in [5, 5.41) is 12.8. The standard InChI is InChI=1S/C11H21BN2O3/c1-10(13)5-7-14-11(8-10)4-2-3-6-12(16)17-9(11)15/h14,16H,2-8,13H2,1H3/t10-,11?/m1/s1. The average Bonchev–Trinajstić information content (AvgIpc) is 2.21. The van der Waals surface area contributed by atoms with E-state index in [-0.39, 0.29) is 11.5 Å². The van der Waals surface area contributed by atoms with Crippen molar-refractivity contribution in [2.24, 2.45) is 5.73 Å². The minimum atomic E-state index is -0.965. The zero-order valence-corrected chi connectivity index (χ0v) is 10.4. The molecule has 0 aromatic rings. The van der Waals surface area contributed by atoms with Gasteiger partial charge in [0.1, 0.15) is 5.54 Å². The fourth-order valence-electron chi connectivity index (χ4n) is 2.89. The zero-order valence-electron chi connectivity index (χ0n) is 10.4. The number of nitrogens with two attached hydrogens (primary N) is 1. The molecule has 0 saturated carbocycles. The third-order valence-electron chi connectivity index (χ3n) is 3.80. The molecule has 17 heavy (non-hydrogen) atoms. The van der Waals surface area contributed by atoms with Gasteiger partial charge in [-0.1, -0.05) is 12.8 Å². The van der Waals surface area contributed by atoms with Gasteiger partial charge in [-0.05, 0) is 39.1 Å². The highest BCUT2D eigenvalue weighted by Crippen LogP contribution is 2.33. The predicted molar refractivity (Wildman–Crippen MR) is 65.3 cm³/mol. The maximum absolute atomic E-state index is 12.1. The molecule has 2 heterocycles. The minimum Gasteiger partial charge on any atom is -0.508 e. The van der Waals surface area contributed by atoms with Crippen LogP contribution in [0.15, 0.2) is 0 Å². The summed E-state index contributed by atoms with van der Waals surface area (Å²) in [6, 6.07) is 0. The van der Waals surface area contributed by atoms with Crippen molar-refractivity contribution < 1.29 is 14.5 Å². The van der Waals surface area contributed by atoms with Crippen LogP contribution in [0.3, 0.4) is 0 Å². The van der Waals surface area contributed by atoms with Crippen molar-refractivity contribution in [2.45, 2.75) is 56.4 Å². The Morgan fingerprint density at radius 1 is 1.47 bits per heavy atom. The lowest BCUT2D eigenvalue weighted by atomic mass is 9.72.